The molecule has 73 heavy (non-hydrogen) atoms. The molecule has 0 atom stereocenters. The minimum atomic E-state index is 0.854. The fourth-order valence-corrected chi connectivity index (χ4v) is 11.5. The van der Waals surface area contributed by atoms with Crippen molar-refractivity contribution in [2.24, 2.45) is 0 Å². The zero-order chi connectivity index (χ0) is 49.6. The van der Waals surface area contributed by atoms with Crippen LogP contribution >= 0.6 is 0 Å². The van der Waals surface area contributed by atoms with Gasteiger partial charge in [-0.15, -0.1) is 0 Å². The second-order valence-corrected chi connectivity index (χ2v) is 20.1. The Bertz CT molecular complexity index is 4030. The van der Waals surface area contributed by atoms with E-state index >= 15 is 0 Å². The molecule has 11 aromatic carbocycles. The van der Waals surface area contributed by atoms with Crippen LogP contribution in [0.3, 0.4) is 0 Å². The average molecular weight is 943 g/mol. The minimum Gasteiger partial charge on any atom is -0.456 e. The molecule has 0 N–H and O–H groups in total. The third-order valence-corrected chi connectivity index (χ3v) is 15.3. The molecule has 0 saturated carbocycles. The molecule has 0 aliphatic carbocycles. The number of fused-ring (bicyclic) bond motifs is 8. The van der Waals surface area contributed by atoms with Gasteiger partial charge < -0.3 is 18.6 Å². The van der Waals surface area contributed by atoms with Crippen molar-refractivity contribution in [2.45, 2.75) is 48.5 Å². The summed E-state index contributed by atoms with van der Waals surface area (Å²) in [7, 11) is 0. The van der Waals surface area contributed by atoms with Crippen molar-refractivity contribution in [3.05, 3.63) is 239 Å². The Balaban J connectivity index is 0.923. The van der Waals surface area contributed by atoms with E-state index in [0.717, 1.165) is 93.7 Å². The van der Waals surface area contributed by atoms with E-state index in [1.165, 1.54) is 67.0 Å². The lowest BCUT2D eigenvalue weighted by Crippen LogP contribution is -2.14. The molecular weight excluding hydrogens is 889 g/mol. The normalized spacial score (nSPS) is 11.8. The number of aryl methyl sites for hydroxylation is 7. The van der Waals surface area contributed by atoms with Gasteiger partial charge in [-0.3, -0.25) is 0 Å². The fourth-order valence-electron chi connectivity index (χ4n) is 11.5. The van der Waals surface area contributed by atoms with Crippen LogP contribution in [-0.2, 0) is 0 Å². The number of benzene rings is 11. The lowest BCUT2D eigenvalue weighted by Gasteiger charge is -2.30. The number of rotatable bonds is 8. The second-order valence-electron chi connectivity index (χ2n) is 20.1. The molecule has 0 aliphatic rings. The molecule has 4 heteroatoms. The van der Waals surface area contributed by atoms with Gasteiger partial charge in [0.1, 0.15) is 22.3 Å². The molecule has 0 aliphatic heterocycles. The molecular formula is C69H54N2O2. The highest BCUT2D eigenvalue weighted by molar-refractivity contribution is 6.20. The lowest BCUT2D eigenvalue weighted by molar-refractivity contribution is 0.651. The quantitative estimate of drug-likeness (QED) is 0.152. The Hall–Kier alpha value is -8.86. The Kier molecular flexibility index (Phi) is 10.4. The summed E-state index contributed by atoms with van der Waals surface area (Å²) in [5, 5.41) is 8.91. The third-order valence-electron chi connectivity index (χ3n) is 15.3. The number of hydrogen-bond acceptors (Lipinski definition) is 4. The van der Waals surface area contributed by atoms with Crippen LogP contribution in [0.15, 0.2) is 209 Å². The van der Waals surface area contributed by atoms with Crippen LogP contribution in [-0.4, -0.2) is 0 Å². The first kappa shape index (κ1) is 44.1. The molecule has 0 bridgehead atoms. The first-order valence-electron chi connectivity index (χ1n) is 25.3. The number of anilines is 6. The number of para-hydroxylation sites is 2. The van der Waals surface area contributed by atoms with Gasteiger partial charge in [0.15, 0.2) is 0 Å². The number of hydrogen-bond donors (Lipinski definition) is 0. The predicted molar refractivity (Wildman–Crippen MR) is 309 cm³/mol. The zero-order valence-electron chi connectivity index (χ0n) is 42.3. The monoisotopic (exact) mass is 942 g/mol. The van der Waals surface area contributed by atoms with Gasteiger partial charge in [0, 0.05) is 49.9 Å². The summed E-state index contributed by atoms with van der Waals surface area (Å²) in [5.41, 5.74) is 23.4. The second kappa shape index (κ2) is 17.2. The maximum absolute atomic E-state index is 6.88. The van der Waals surface area contributed by atoms with Crippen molar-refractivity contribution >= 4 is 99.5 Å². The van der Waals surface area contributed by atoms with Gasteiger partial charge in [-0.05, 0) is 192 Å². The summed E-state index contributed by atoms with van der Waals surface area (Å²) in [6, 6.07) is 73.0. The van der Waals surface area contributed by atoms with Crippen LogP contribution in [0.2, 0.25) is 0 Å². The van der Waals surface area contributed by atoms with Crippen molar-refractivity contribution in [3.8, 4) is 22.3 Å². The highest BCUT2D eigenvalue weighted by Crippen LogP contribution is 2.47. The molecule has 0 spiro atoms. The maximum atomic E-state index is 6.88. The number of nitrogens with zero attached hydrogens (tertiary/aromatic N) is 2. The van der Waals surface area contributed by atoms with Crippen LogP contribution in [0, 0.1) is 48.5 Å². The standard InChI is InChI=1S/C69H54N2O2/c1-41-24-26-52(48-20-10-8-11-21-48)36-62(41)70(66-43(3)16-14-17-44(66)4)56-30-28-50-34-58-60-40-61-59-35-51-29-31-57(33-55(51)39-65(59)73-69(61)47(7)68(60)72-64(58)38-54(50)32-56)71(67-45(5)18-15-19-46(67)6)63-37-53(27-25-42(63)2)49-22-12-9-13-23-49/h8-40H,1-7H3. The molecule has 2 heterocycles. The van der Waals surface area contributed by atoms with Gasteiger partial charge in [-0.2, -0.15) is 0 Å². The predicted octanol–water partition coefficient (Wildman–Crippen LogP) is 20.2. The van der Waals surface area contributed by atoms with Crippen LogP contribution in [0.4, 0.5) is 34.1 Å². The lowest BCUT2D eigenvalue weighted by atomic mass is 9.98. The minimum absolute atomic E-state index is 0.854. The zero-order valence-corrected chi connectivity index (χ0v) is 42.3. The van der Waals surface area contributed by atoms with Gasteiger partial charge in [0.05, 0.1) is 11.4 Å². The Morgan fingerprint density at radius 1 is 0.288 bits per heavy atom. The Morgan fingerprint density at radius 3 is 1.11 bits per heavy atom. The van der Waals surface area contributed by atoms with Crippen molar-refractivity contribution < 1.29 is 8.83 Å². The van der Waals surface area contributed by atoms with E-state index in [9.17, 15) is 0 Å². The van der Waals surface area contributed by atoms with Gasteiger partial charge in [0.25, 0.3) is 0 Å². The Morgan fingerprint density at radius 2 is 0.699 bits per heavy atom. The van der Waals surface area contributed by atoms with Crippen molar-refractivity contribution in [3.63, 3.8) is 0 Å². The van der Waals surface area contributed by atoms with Gasteiger partial charge in [0.2, 0.25) is 0 Å². The largest absolute Gasteiger partial charge is 0.456 e. The van der Waals surface area contributed by atoms with Crippen LogP contribution < -0.4 is 9.80 Å². The van der Waals surface area contributed by atoms with Crippen molar-refractivity contribution in [1.29, 1.82) is 0 Å². The summed E-state index contributed by atoms with van der Waals surface area (Å²) < 4.78 is 13.8. The van der Waals surface area contributed by atoms with E-state index in [0.29, 0.717) is 0 Å². The van der Waals surface area contributed by atoms with Gasteiger partial charge >= 0.3 is 0 Å². The molecule has 13 rings (SSSR count). The van der Waals surface area contributed by atoms with Crippen LogP contribution in [0.1, 0.15) is 38.9 Å². The van der Waals surface area contributed by atoms with Crippen molar-refractivity contribution in [1.82, 2.24) is 0 Å². The highest BCUT2D eigenvalue weighted by atomic mass is 16.3. The van der Waals surface area contributed by atoms with Gasteiger partial charge in [-0.25, -0.2) is 0 Å². The fraction of sp³-hybridized carbons (Fsp3) is 0.101. The molecule has 352 valence electrons. The molecule has 0 radical (unpaired) electrons. The first-order valence-corrected chi connectivity index (χ1v) is 25.3. The number of furan rings is 2. The van der Waals surface area contributed by atoms with E-state index in [4.69, 9.17) is 8.83 Å². The SMILES string of the molecule is Cc1ccc(-c2ccccc2)cc1N(c1ccc2cc3c(cc2c1)oc1c(C)c2oc4cc5cc(N(c6cc(-c7ccccc7)ccc6C)c6c(C)cccc6C)ccc5cc4c2cc13)c1c(C)cccc1C. The molecule has 4 nitrogen and oxygen atoms in total. The summed E-state index contributed by atoms with van der Waals surface area (Å²) >= 11 is 0. The molecule has 0 amide bonds. The summed E-state index contributed by atoms with van der Waals surface area (Å²) in [6.07, 6.45) is 0. The summed E-state index contributed by atoms with van der Waals surface area (Å²) in [4.78, 5) is 4.88. The van der Waals surface area contributed by atoms with E-state index in [-0.39, 0.29) is 0 Å². The molecule has 0 fully saturated rings. The summed E-state index contributed by atoms with van der Waals surface area (Å²) in [6.45, 7) is 15.4. The van der Waals surface area contributed by atoms with Crippen LogP contribution in [0.5, 0.6) is 0 Å². The molecule has 0 saturated heterocycles. The average Bonchev–Trinajstić information content (AvgIpc) is 3.95. The van der Waals surface area contributed by atoms with Crippen LogP contribution in [0.25, 0.3) is 87.7 Å². The molecule has 13 aromatic rings. The van der Waals surface area contributed by atoms with Gasteiger partial charge in [-0.1, -0.05) is 133 Å². The topological polar surface area (TPSA) is 32.8 Å². The third kappa shape index (κ3) is 7.35. The first-order chi connectivity index (χ1) is 35.6. The molecule has 2 aromatic heterocycles. The van der Waals surface area contributed by atoms with E-state index in [1.54, 1.807) is 0 Å². The Labute approximate surface area is 426 Å². The summed E-state index contributed by atoms with van der Waals surface area (Å²) in [5.74, 6) is 0. The van der Waals surface area contributed by atoms with Crippen molar-refractivity contribution in [2.75, 3.05) is 9.80 Å². The van der Waals surface area contributed by atoms with E-state index in [1.807, 2.05) is 0 Å². The van der Waals surface area contributed by atoms with E-state index < -0.39 is 0 Å². The highest BCUT2D eigenvalue weighted by Gasteiger charge is 2.24. The maximum Gasteiger partial charge on any atom is 0.142 e. The molecule has 0 unspecified atom stereocenters. The van der Waals surface area contributed by atoms with E-state index in [2.05, 4.69) is 258 Å². The smallest absolute Gasteiger partial charge is 0.142 e.